The summed E-state index contributed by atoms with van der Waals surface area (Å²) in [5.41, 5.74) is 1.58. The van der Waals surface area contributed by atoms with E-state index in [9.17, 15) is 14.0 Å². The summed E-state index contributed by atoms with van der Waals surface area (Å²) in [5, 5.41) is 4.88. The number of hydrogen-bond acceptors (Lipinski definition) is 4. The quantitative estimate of drug-likeness (QED) is 0.407. The number of rotatable bonds is 4. The van der Waals surface area contributed by atoms with Crippen LogP contribution in [0, 0.1) is 23.6 Å². The Morgan fingerprint density at radius 1 is 1.09 bits per heavy atom. The van der Waals surface area contributed by atoms with Crippen LogP contribution < -0.4 is 10.2 Å². The normalized spacial score (nSPS) is 26.9. The lowest BCUT2D eigenvalue weighted by molar-refractivity contribution is -0.116. The van der Waals surface area contributed by atoms with Gasteiger partial charge in [-0.3, -0.25) is 14.2 Å². The summed E-state index contributed by atoms with van der Waals surface area (Å²) in [6.45, 7) is -0.0699. The van der Waals surface area contributed by atoms with Crippen molar-refractivity contribution in [3.8, 4) is 0 Å². The van der Waals surface area contributed by atoms with Crippen molar-refractivity contribution < 1.29 is 9.18 Å². The second-order valence-electron chi connectivity index (χ2n) is 9.32. The van der Waals surface area contributed by atoms with Crippen LogP contribution in [0.2, 0.25) is 10.0 Å². The summed E-state index contributed by atoms with van der Waals surface area (Å²) in [7, 11) is 0. The average molecular weight is 535 g/mol. The maximum Gasteiger partial charge on any atom is 0.308 e. The summed E-state index contributed by atoms with van der Waals surface area (Å²) in [6, 6.07) is 11.6. The third kappa shape index (κ3) is 3.81. The Morgan fingerprint density at radius 3 is 2.62 bits per heavy atom. The van der Waals surface area contributed by atoms with Crippen molar-refractivity contribution >= 4 is 57.9 Å². The number of nitrogens with one attached hydrogen (secondary N) is 1. The molecule has 2 saturated carbocycles. The summed E-state index contributed by atoms with van der Waals surface area (Å²) in [5.74, 6) is 1.21. The molecule has 2 bridgehead atoms. The highest BCUT2D eigenvalue weighted by molar-refractivity contribution is 8.00. The molecule has 0 spiro atoms. The van der Waals surface area contributed by atoms with Crippen molar-refractivity contribution in [3.05, 3.63) is 78.4 Å². The number of halogens is 3. The van der Waals surface area contributed by atoms with Crippen LogP contribution in [-0.4, -0.2) is 15.7 Å². The first-order chi connectivity index (χ1) is 16.4. The lowest BCUT2D eigenvalue weighted by atomic mass is 9.75. The van der Waals surface area contributed by atoms with Crippen LogP contribution in [0.5, 0.6) is 0 Å². The third-order valence-corrected chi connectivity index (χ3v) is 11.0. The van der Waals surface area contributed by atoms with E-state index in [1.807, 2.05) is 12.1 Å². The van der Waals surface area contributed by atoms with Crippen LogP contribution in [0.4, 0.5) is 10.1 Å². The van der Waals surface area contributed by atoms with Gasteiger partial charge in [0.1, 0.15) is 12.4 Å². The minimum Gasteiger partial charge on any atom is -0.324 e. The summed E-state index contributed by atoms with van der Waals surface area (Å²) < 4.78 is 15.3. The number of benzene rings is 2. The highest BCUT2D eigenvalue weighted by atomic mass is 35.5. The number of nitrogens with zero attached hydrogens (tertiary/aromatic N) is 1. The summed E-state index contributed by atoms with van der Waals surface area (Å²) in [6.07, 6.45) is 3.66. The number of carbonyl (C=O) groups is 1. The zero-order valence-corrected chi connectivity index (χ0v) is 21.1. The third-order valence-electron chi connectivity index (χ3n) is 7.42. The van der Waals surface area contributed by atoms with Crippen molar-refractivity contribution in [1.82, 2.24) is 4.57 Å². The largest absolute Gasteiger partial charge is 0.324 e. The monoisotopic (exact) mass is 534 g/mol. The predicted octanol–water partition coefficient (Wildman–Crippen LogP) is 6.65. The van der Waals surface area contributed by atoms with E-state index in [1.165, 1.54) is 42.7 Å². The van der Waals surface area contributed by atoms with Crippen LogP contribution in [0.3, 0.4) is 0 Å². The molecule has 3 aliphatic rings. The molecule has 2 aliphatic carbocycles. The lowest BCUT2D eigenvalue weighted by Crippen LogP contribution is -2.34. The molecule has 1 aliphatic heterocycles. The van der Waals surface area contributed by atoms with Gasteiger partial charge in [-0.2, -0.15) is 0 Å². The molecule has 0 radical (unpaired) electrons. The fourth-order valence-electron chi connectivity index (χ4n) is 6.05. The number of amides is 1. The molecule has 34 heavy (non-hydrogen) atoms. The molecule has 2 heterocycles. The molecule has 1 amide bonds. The first-order valence-electron chi connectivity index (χ1n) is 11.3. The van der Waals surface area contributed by atoms with Gasteiger partial charge in [0.25, 0.3) is 0 Å². The molecule has 1 N–H and O–H groups in total. The van der Waals surface area contributed by atoms with Gasteiger partial charge in [-0.15, -0.1) is 11.8 Å². The van der Waals surface area contributed by atoms with Gasteiger partial charge >= 0.3 is 4.87 Å². The molecule has 2 aromatic carbocycles. The Labute approximate surface area is 214 Å². The van der Waals surface area contributed by atoms with Crippen molar-refractivity contribution in [2.75, 3.05) is 5.32 Å². The molecular weight excluding hydrogens is 514 g/mol. The number of aromatic nitrogens is 1. The van der Waals surface area contributed by atoms with Gasteiger partial charge in [0.15, 0.2) is 0 Å². The Morgan fingerprint density at radius 2 is 1.85 bits per heavy atom. The van der Waals surface area contributed by atoms with Gasteiger partial charge in [0.2, 0.25) is 5.91 Å². The van der Waals surface area contributed by atoms with Crippen molar-refractivity contribution in [2.45, 2.75) is 42.0 Å². The van der Waals surface area contributed by atoms with Crippen LogP contribution in [0.25, 0.3) is 0 Å². The zero-order valence-electron chi connectivity index (χ0n) is 18.0. The predicted molar refractivity (Wildman–Crippen MR) is 136 cm³/mol. The minimum atomic E-state index is -0.296. The lowest BCUT2D eigenvalue weighted by Gasteiger charge is -2.40. The standard InChI is InChI=1S/C25H21Cl2FN2O2S2/c26-17-8-7-16(10-18(17)27)29-19(31)11-30-24-23(34-25(30)32)20(12-3-5-15(28)6-4-12)21-13-1-2-14(9-13)22(21)33-24/h3-8,10,13-14,20-22H,1-2,9,11H2,(H,29,31)/t13?,14?,20-,21?,22?/m0/s1. The van der Waals surface area contributed by atoms with E-state index >= 15 is 0 Å². The molecular formula is C25H21Cl2FN2O2S2. The molecule has 9 heteroatoms. The van der Waals surface area contributed by atoms with E-state index in [2.05, 4.69) is 5.32 Å². The van der Waals surface area contributed by atoms with Gasteiger partial charge in [-0.1, -0.05) is 46.7 Å². The van der Waals surface area contributed by atoms with Gasteiger partial charge in [-0.25, -0.2) is 4.39 Å². The Kier molecular flexibility index (Phi) is 5.79. The fourth-order valence-corrected chi connectivity index (χ4v) is 9.50. The molecule has 0 saturated heterocycles. The maximum absolute atomic E-state index is 13.7. The molecule has 4 unspecified atom stereocenters. The molecule has 2 fully saturated rings. The van der Waals surface area contributed by atoms with Crippen LogP contribution in [0.15, 0.2) is 52.3 Å². The van der Waals surface area contributed by atoms with Gasteiger partial charge in [0, 0.05) is 21.7 Å². The second kappa shape index (κ2) is 8.70. The molecule has 176 valence electrons. The highest BCUT2D eigenvalue weighted by Gasteiger charge is 2.55. The van der Waals surface area contributed by atoms with Crippen molar-refractivity contribution in [3.63, 3.8) is 0 Å². The smallest absolute Gasteiger partial charge is 0.308 e. The first kappa shape index (κ1) is 22.7. The van der Waals surface area contributed by atoms with Crippen molar-refractivity contribution in [1.29, 1.82) is 0 Å². The number of thiazole rings is 1. The molecule has 5 atom stereocenters. The Hall–Kier alpha value is -1.80. The van der Waals surface area contributed by atoms with E-state index < -0.39 is 0 Å². The fraction of sp³-hybridized carbons (Fsp3) is 0.360. The number of thioether (sulfide) groups is 1. The van der Waals surface area contributed by atoms with Crippen LogP contribution in [0.1, 0.15) is 35.6 Å². The average Bonchev–Trinajstić information content (AvgIpc) is 3.50. The molecule has 3 aromatic rings. The number of fused-ring (bicyclic) bond motifs is 6. The Balaban J connectivity index is 1.35. The number of carbonyl (C=O) groups excluding carboxylic acids is 1. The van der Waals surface area contributed by atoms with Gasteiger partial charge in [0.05, 0.1) is 15.1 Å². The minimum absolute atomic E-state index is 0.0641. The molecule has 6 rings (SSSR count). The van der Waals surface area contributed by atoms with E-state index in [1.54, 1.807) is 34.5 Å². The zero-order chi connectivity index (χ0) is 23.6. The van der Waals surface area contributed by atoms with E-state index in [0.717, 1.165) is 15.5 Å². The molecule has 4 nitrogen and oxygen atoms in total. The van der Waals surface area contributed by atoms with Crippen LogP contribution in [-0.2, 0) is 11.3 Å². The number of anilines is 1. The van der Waals surface area contributed by atoms with Crippen molar-refractivity contribution in [2.24, 2.45) is 17.8 Å². The topological polar surface area (TPSA) is 51.1 Å². The maximum atomic E-state index is 13.7. The van der Waals surface area contributed by atoms with E-state index in [4.69, 9.17) is 23.2 Å². The first-order valence-corrected chi connectivity index (χ1v) is 13.7. The van der Waals surface area contributed by atoms with Gasteiger partial charge < -0.3 is 5.32 Å². The van der Waals surface area contributed by atoms with E-state index in [0.29, 0.717) is 38.7 Å². The van der Waals surface area contributed by atoms with Gasteiger partial charge in [-0.05, 0) is 72.9 Å². The Bertz CT molecular complexity index is 1340. The summed E-state index contributed by atoms with van der Waals surface area (Å²) in [4.78, 5) is 26.9. The highest BCUT2D eigenvalue weighted by Crippen LogP contribution is 2.64. The molecule has 1 aromatic heterocycles. The number of hydrogen-bond donors (Lipinski definition) is 1. The second-order valence-corrected chi connectivity index (χ2v) is 12.3. The van der Waals surface area contributed by atoms with E-state index in [-0.39, 0.29) is 29.1 Å². The summed E-state index contributed by atoms with van der Waals surface area (Å²) >= 11 is 15.0. The SMILES string of the molecule is O=C(Cn1c2c(sc1=O)[C@@H](c1ccc(F)cc1)C1C3CCC(C3)C1S2)Nc1ccc(Cl)c(Cl)c1. The van der Waals surface area contributed by atoms with Crippen LogP contribution >= 0.6 is 46.3 Å².